The smallest absolute Gasteiger partial charge is 0.261 e. The van der Waals surface area contributed by atoms with Crippen LogP contribution in [0, 0.1) is 11.8 Å². The molecule has 0 aliphatic carbocycles. The number of methoxy groups -OCH3 is 1. The quantitative estimate of drug-likeness (QED) is 0.0264. The lowest BCUT2D eigenvalue weighted by Crippen LogP contribution is -2.64. The number of hydrogen-bond donors (Lipinski definition) is 0. The maximum atomic E-state index is 15.5. The number of imide groups is 1. The van der Waals surface area contributed by atoms with E-state index in [0.717, 1.165) is 108 Å². The average Bonchev–Trinajstić information content (AvgIpc) is 1.42. The molecule has 4 aliphatic rings. The summed E-state index contributed by atoms with van der Waals surface area (Å²) < 4.78 is 84.6. The molecule has 3 saturated heterocycles. The van der Waals surface area contributed by atoms with Gasteiger partial charge in [-0.3, -0.25) is 14.5 Å². The van der Waals surface area contributed by atoms with Crippen LogP contribution in [-0.4, -0.2) is 117 Å². The van der Waals surface area contributed by atoms with Crippen LogP contribution in [0.2, 0.25) is 0 Å². The van der Waals surface area contributed by atoms with E-state index in [4.69, 9.17) is 56.8 Å². The van der Waals surface area contributed by atoms with Crippen molar-refractivity contribution in [3.8, 4) is 5.75 Å². The number of benzene rings is 9. The molecule has 0 bridgehead atoms. The van der Waals surface area contributed by atoms with Crippen molar-refractivity contribution in [2.45, 2.75) is 210 Å². The summed E-state index contributed by atoms with van der Waals surface area (Å²) in [4.78, 5) is 32.5. The van der Waals surface area contributed by atoms with Gasteiger partial charge < -0.3 is 56.8 Å². The molecule has 9 aromatic rings. The van der Waals surface area contributed by atoms with Crippen molar-refractivity contribution in [2.24, 2.45) is 11.8 Å². The highest BCUT2D eigenvalue weighted by Gasteiger charge is 2.56. The molecule has 9 aromatic carbocycles. The van der Waals surface area contributed by atoms with Gasteiger partial charge in [0.25, 0.3) is 11.8 Å². The first kappa shape index (κ1) is 79.6. The maximum absolute atomic E-state index is 15.5. The molecule has 0 radical (unpaired) electrons. The zero-order chi connectivity index (χ0) is 75.3. The van der Waals surface area contributed by atoms with E-state index in [1.165, 1.54) is 4.90 Å². The second-order valence-corrected chi connectivity index (χ2v) is 29.9. The lowest BCUT2D eigenvalue weighted by atomic mass is 9.74. The number of unbranched alkanes of at least 4 members (excludes halogenated alkanes) is 7. The molecule has 14 atom stereocenters. The minimum absolute atomic E-state index is 0.190. The molecule has 3 fully saturated rings. The summed E-state index contributed by atoms with van der Waals surface area (Å²) in [5.74, 6) is -0.703. The van der Waals surface area contributed by atoms with Gasteiger partial charge in [-0.05, 0) is 114 Å². The van der Waals surface area contributed by atoms with Crippen LogP contribution in [0.1, 0.15) is 149 Å². The molecule has 4 aliphatic heterocycles. The van der Waals surface area contributed by atoms with Crippen LogP contribution in [0.5, 0.6) is 5.75 Å². The van der Waals surface area contributed by atoms with E-state index in [2.05, 4.69) is 91.9 Å². The summed E-state index contributed by atoms with van der Waals surface area (Å²) in [6.07, 6.45) is 3.82. The van der Waals surface area contributed by atoms with E-state index in [9.17, 15) is 0 Å². The molecule has 0 N–H and O–H groups in total. The lowest BCUT2D eigenvalue weighted by molar-refractivity contribution is -0.270. The Balaban J connectivity index is 0.847. The van der Waals surface area contributed by atoms with E-state index in [0.29, 0.717) is 83.1 Å². The standard InChI is InChI=1S/C95H109NO14/c1-69-90(104-63-73-40-22-12-23-41-73)93(107-66-76-46-28-15-29-47-76)92(106-65-75-44-26-14-27-45-75)86(108-69)57-78-56-85(103-62-72-38-20-11-21-39-72)88(68-102-61-71-36-18-10-19-37-71)110-84(78)58-82-87(67-101-60-70-34-16-9-17-35-70)109-83(50-30-7-5-3-4-6-8-33-55-100-59-77-51-53-79(99-2)54-52-77)89(91(82)105-64-74-42-24-13-25-43-74)96-94(97)80-48-31-32-49-81(80)95(96)98/h9-29,31-32,34-49,51-54,69,78,82-93H,3-8,30,33,50,55-68H2,1-2H3/t69-,78-,82+,83-,84-,85+,86-,87+,88+,89-,90+,91-,92+,93+/m0/s1. The molecule has 2 amide bonds. The molecule has 0 aromatic heterocycles. The van der Waals surface area contributed by atoms with Crippen molar-refractivity contribution in [3.63, 3.8) is 0 Å². The van der Waals surface area contributed by atoms with Gasteiger partial charge in [0.05, 0.1) is 133 Å². The molecular weight excluding hydrogens is 1380 g/mol. The van der Waals surface area contributed by atoms with E-state index in [1.807, 2.05) is 164 Å². The first-order chi connectivity index (χ1) is 54.3. The van der Waals surface area contributed by atoms with E-state index in [1.54, 1.807) is 19.2 Å². The van der Waals surface area contributed by atoms with Gasteiger partial charge in [-0.25, -0.2) is 0 Å². The van der Waals surface area contributed by atoms with Crippen LogP contribution in [0.3, 0.4) is 0 Å². The zero-order valence-corrected chi connectivity index (χ0v) is 63.8. The number of amides is 2. The highest BCUT2D eigenvalue weighted by molar-refractivity contribution is 6.21. The minimum Gasteiger partial charge on any atom is -0.497 e. The second-order valence-electron chi connectivity index (χ2n) is 29.9. The van der Waals surface area contributed by atoms with Gasteiger partial charge >= 0.3 is 0 Å². The molecule has 0 saturated carbocycles. The first-order valence-electron chi connectivity index (χ1n) is 39.9. The largest absolute Gasteiger partial charge is 0.497 e. The number of rotatable bonds is 42. The molecular formula is C95H109NO14. The summed E-state index contributed by atoms with van der Waals surface area (Å²) in [6, 6.07) is 85.9. The number of hydrogen-bond acceptors (Lipinski definition) is 14. The van der Waals surface area contributed by atoms with Gasteiger partial charge in [0.2, 0.25) is 0 Å². The van der Waals surface area contributed by atoms with E-state index in [-0.39, 0.29) is 37.6 Å². The monoisotopic (exact) mass is 1490 g/mol. The number of fused-ring (bicyclic) bond motifs is 1. The molecule has 15 heteroatoms. The summed E-state index contributed by atoms with van der Waals surface area (Å²) in [7, 11) is 1.68. The Bertz CT molecular complexity index is 4080. The fourth-order valence-electron chi connectivity index (χ4n) is 16.2. The highest BCUT2D eigenvalue weighted by Crippen LogP contribution is 2.45. The lowest BCUT2D eigenvalue weighted by Gasteiger charge is -2.52. The third kappa shape index (κ3) is 22.6. The van der Waals surface area contributed by atoms with Crippen LogP contribution in [-0.2, 0) is 105 Å². The van der Waals surface area contributed by atoms with Gasteiger partial charge in [-0.1, -0.05) is 282 Å². The van der Waals surface area contributed by atoms with Gasteiger partial charge in [-0.2, -0.15) is 0 Å². The third-order valence-corrected chi connectivity index (χ3v) is 22.0. The van der Waals surface area contributed by atoms with E-state index < -0.39 is 79.1 Å². The Kier molecular flexibility index (Phi) is 30.5. The van der Waals surface area contributed by atoms with Crippen LogP contribution < -0.4 is 4.74 Å². The van der Waals surface area contributed by atoms with Gasteiger partial charge in [-0.15, -0.1) is 0 Å². The average molecular weight is 1490 g/mol. The van der Waals surface area contributed by atoms with Gasteiger partial charge in [0.15, 0.2) is 0 Å². The highest BCUT2D eigenvalue weighted by atomic mass is 16.6. The SMILES string of the molecule is COc1ccc(COCCCCCCCCCC[C@@H]2O[C@H](COCc3ccccc3)[C@@H](C[C@@H]3O[C@H](COCc4ccccc4)[C@H](OCc4ccccc4)C[C@H]3C[C@@H]3O[C@@H](C)[C@@H](OCc4ccccc4)[C@@H](OCc4ccccc4)[C@@H]3OCc3ccccc3)[C@H](OCc3ccccc3)[C@H]2N2C(=O)c3ccccc3C2=O)cc1. The summed E-state index contributed by atoms with van der Waals surface area (Å²) in [6.45, 7) is 6.01. The van der Waals surface area contributed by atoms with Crippen molar-refractivity contribution in [1.82, 2.24) is 4.90 Å². The van der Waals surface area contributed by atoms with Crippen molar-refractivity contribution >= 4 is 11.8 Å². The van der Waals surface area contributed by atoms with Crippen LogP contribution in [0.15, 0.2) is 261 Å². The number of nitrogens with zero attached hydrogens (tertiary/aromatic N) is 1. The number of carbonyl (C=O) groups excluding carboxylic acids is 2. The molecule has 578 valence electrons. The fourth-order valence-corrected chi connectivity index (χ4v) is 16.2. The number of ether oxygens (including phenoxy) is 12. The maximum Gasteiger partial charge on any atom is 0.261 e. The van der Waals surface area contributed by atoms with E-state index >= 15 is 9.59 Å². The summed E-state index contributed by atoms with van der Waals surface area (Å²) in [5.41, 5.74) is 8.99. The predicted octanol–water partition coefficient (Wildman–Crippen LogP) is 18.5. The van der Waals surface area contributed by atoms with Crippen molar-refractivity contribution < 1.29 is 66.4 Å². The van der Waals surface area contributed by atoms with Crippen molar-refractivity contribution in [2.75, 3.05) is 26.9 Å². The molecule has 0 unspecified atom stereocenters. The Labute approximate surface area is 650 Å². The molecule has 15 nitrogen and oxygen atoms in total. The number of carbonyl (C=O) groups is 2. The summed E-state index contributed by atoms with van der Waals surface area (Å²) >= 11 is 0. The fraction of sp³-hybridized carbons (Fsp3) is 0.411. The topological polar surface area (TPSA) is 148 Å². The Hall–Kier alpha value is -8.52. The normalized spacial score (nSPS) is 24.0. The predicted molar refractivity (Wildman–Crippen MR) is 425 cm³/mol. The van der Waals surface area contributed by atoms with Crippen LogP contribution >= 0.6 is 0 Å². The van der Waals surface area contributed by atoms with Gasteiger partial charge in [0, 0.05) is 12.5 Å². The van der Waals surface area contributed by atoms with Crippen LogP contribution in [0.4, 0.5) is 0 Å². The third-order valence-electron chi connectivity index (χ3n) is 22.0. The van der Waals surface area contributed by atoms with Crippen molar-refractivity contribution in [1.29, 1.82) is 0 Å². The minimum atomic E-state index is -0.851. The first-order valence-corrected chi connectivity index (χ1v) is 39.9. The molecule has 110 heavy (non-hydrogen) atoms. The van der Waals surface area contributed by atoms with Gasteiger partial charge in [0.1, 0.15) is 30.2 Å². The molecule has 0 spiro atoms. The Morgan fingerprint density at radius 2 is 0.736 bits per heavy atom. The van der Waals surface area contributed by atoms with Crippen LogP contribution in [0.25, 0.3) is 0 Å². The second kappa shape index (κ2) is 42.2. The molecule has 13 rings (SSSR count). The molecule has 4 heterocycles. The summed E-state index contributed by atoms with van der Waals surface area (Å²) in [5, 5.41) is 0. The van der Waals surface area contributed by atoms with Crippen molar-refractivity contribution in [3.05, 3.63) is 316 Å². The Morgan fingerprint density at radius 3 is 1.23 bits per heavy atom. The Morgan fingerprint density at radius 1 is 0.345 bits per heavy atom. The zero-order valence-electron chi connectivity index (χ0n) is 63.8.